The van der Waals surface area contributed by atoms with Gasteiger partial charge in [-0.3, -0.25) is 4.79 Å². The molecule has 0 atom stereocenters. The highest BCUT2D eigenvalue weighted by atomic mass is 16.5. The van der Waals surface area contributed by atoms with Gasteiger partial charge in [0.15, 0.2) is 0 Å². The summed E-state index contributed by atoms with van der Waals surface area (Å²) in [6, 6.07) is 4.04. The minimum absolute atomic E-state index is 0.0529. The number of hydrogen-bond donors (Lipinski definition) is 1. The van der Waals surface area contributed by atoms with Crippen LogP contribution >= 0.6 is 0 Å². The van der Waals surface area contributed by atoms with Gasteiger partial charge in [-0.2, -0.15) is 0 Å². The Morgan fingerprint density at radius 1 is 1.35 bits per heavy atom. The summed E-state index contributed by atoms with van der Waals surface area (Å²) in [4.78, 5) is 11.7. The van der Waals surface area contributed by atoms with Crippen molar-refractivity contribution in [2.24, 2.45) is 0 Å². The highest BCUT2D eigenvalue weighted by Crippen LogP contribution is 2.24. The van der Waals surface area contributed by atoms with Gasteiger partial charge in [-0.25, -0.2) is 0 Å². The number of nitrogens with one attached hydrogen (secondary N) is 1. The zero-order valence-electron chi connectivity index (χ0n) is 11.1. The van der Waals surface area contributed by atoms with Gasteiger partial charge in [0.05, 0.1) is 13.5 Å². The monoisotopic (exact) mass is 235 g/mol. The molecule has 3 nitrogen and oxygen atoms in total. The number of carbonyl (C=O) groups is 1. The molecule has 0 saturated carbocycles. The molecule has 1 aromatic rings. The van der Waals surface area contributed by atoms with E-state index in [1.807, 2.05) is 26.8 Å². The van der Waals surface area contributed by atoms with Crippen LogP contribution in [-0.4, -0.2) is 19.6 Å². The molecule has 1 aromatic carbocycles. The van der Waals surface area contributed by atoms with Gasteiger partial charge in [-0.05, 0) is 37.5 Å². The smallest absolute Gasteiger partial charge is 0.224 e. The summed E-state index contributed by atoms with van der Waals surface area (Å²) in [5, 5.41) is 2.88. The Morgan fingerprint density at radius 3 is 2.65 bits per heavy atom. The summed E-state index contributed by atoms with van der Waals surface area (Å²) in [5.74, 6) is 0.853. The fourth-order valence-corrected chi connectivity index (χ4v) is 1.85. The van der Waals surface area contributed by atoms with Crippen LogP contribution in [0.5, 0.6) is 5.75 Å². The average molecular weight is 235 g/mol. The second-order valence-corrected chi connectivity index (χ2v) is 4.29. The normalized spacial score (nSPS) is 10.1. The molecule has 1 amide bonds. The second-order valence-electron chi connectivity index (χ2n) is 4.29. The first-order valence-corrected chi connectivity index (χ1v) is 5.99. The van der Waals surface area contributed by atoms with Crippen LogP contribution in [0.1, 0.15) is 30.0 Å². The third-order valence-electron chi connectivity index (χ3n) is 2.71. The van der Waals surface area contributed by atoms with E-state index < -0.39 is 0 Å². The Hall–Kier alpha value is -1.51. The largest absolute Gasteiger partial charge is 0.496 e. The van der Waals surface area contributed by atoms with Crippen molar-refractivity contribution in [1.29, 1.82) is 0 Å². The van der Waals surface area contributed by atoms with Crippen LogP contribution in [0.25, 0.3) is 0 Å². The van der Waals surface area contributed by atoms with Crippen LogP contribution in [-0.2, 0) is 11.2 Å². The van der Waals surface area contributed by atoms with E-state index in [2.05, 4.69) is 11.4 Å². The van der Waals surface area contributed by atoms with Crippen molar-refractivity contribution in [3.8, 4) is 5.75 Å². The predicted octanol–water partition coefficient (Wildman–Crippen LogP) is 2.38. The highest BCUT2D eigenvalue weighted by Gasteiger charge is 2.11. The third kappa shape index (κ3) is 3.77. The summed E-state index contributed by atoms with van der Waals surface area (Å²) in [6.45, 7) is 6.80. The lowest BCUT2D eigenvalue weighted by Gasteiger charge is -2.13. The van der Waals surface area contributed by atoms with Crippen LogP contribution in [0.15, 0.2) is 12.1 Å². The van der Waals surface area contributed by atoms with E-state index >= 15 is 0 Å². The molecule has 3 heteroatoms. The summed E-state index contributed by atoms with van der Waals surface area (Å²) >= 11 is 0. The molecule has 0 saturated heterocycles. The maximum absolute atomic E-state index is 11.7. The molecular weight excluding hydrogens is 214 g/mol. The Kier molecular flexibility index (Phi) is 5.01. The zero-order chi connectivity index (χ0) is 12.8. The maximum atomic E-state index is 11.7. The van der Waals surface area contributed by atoms with Crippen molar-refractivity contribution in [2.75, 3.05) is 13.7 Å². The third-order valence-corrected chi connectivity index (χ3v) is 2.71. The molecule has 1 rings (SSSR count). The molecule has 0 heterocycles. The average Bonchev–Trinajstić information content (AvgIpc) is 2.29. The van der Waals surface area contributed by atoms with Gasteiger partial charge in [0.2, 0.25) is 5.91 Å². The van der Waals surface area contributed by atoms with E-state index in [0.29, 0.717) is 6.42 Å². The predicted molar refractivity (Wildman–Crippen MR) is 69.5 cm³/mol. The van der Waals surface area contributed by atoms with Crippen molar-refractivity contribution >= 4 is 5.91 Å². The van der Waals surface area contributed by atoms with Crippen molar-refractivity contribution in [2.45, 2.75) is 33.6 Å². The van der Waals surface area contributed by atoms with Crippen molar-refractivity contribution < 1.29 is 9.53 Å². The maximum Gasteiger partial charge on any atom is 0.224 e. The number of carbonyl (C=O) groups excluding carboxylic acids is 1. The molecule has 0 aliphatic carbocycles. The van der Waals surface area contributed by atoms with Gasteiger partial charge in [0.1, 0.15) is 5.75 Å². The van der Waals surface area contributed by atoms with E-state index in [-0.39, 0.29) is 5.91 Å². The lowest BCUT2D eigenvalue weighted by Crippen LogP contribution is -2.26. The first-order chi connectivity index (χ1) is 8.08. The van der Waals surface area contributed by atoms with Crippen LogP contribution in [0.4, 0.5) is 0 Å². The van der Waals surface area contributed by atoms with Crippen molar-refractivity contribution in [3.63, 3.8) is 0 Å². The molecule has 0 bridgehead atoms. The van der Waals surface area contributed by atoms with E-state index in [0.717, 1.165) is 35.4 Å². The van der Waals surface area contributed by atoms with Crippen molar-refractivity contribution in [3.05, 3.63) is 28.8 Å². The molecule has 0 fully saturated rings. The first kappa shape index (κ1) is 13.6. The molecule has 0 aromatic heterocycles. The number of amides is 1. The first-order valence-electron chi connectivity index (χ1n) is 5.99. The Balaban J connectivity index is 2.86. The molecule has 1 N–H and O–H groups in total. The highest BCUT2D eigenvalue weighted by molar-refractivity contribution is 5.79. The fraction of sp³-hybridized carbons (Fsp3) is 0.500. The van der Waals surface area contributed by atoms with Crippen molar-refractivity contribution in [1.82, 2.24) is 5.32 Å². The Morgan fingerprint density at radius 2 is 2.06 bits per heavy atom. The van der Waals surface area contributed by atoms with Crippen LogP contribution in [0.2, 0.25) is 0 Å². The van der Waals surface area contributed by atoms with E-state index in [4.69, 9.17) is 4.74 Å². The Bertz CT molecular complexity index is 399. The van der Waals surface area contributed by atoms with Gasteiger partial charge in [0.25, 0.3) is 0 Å². The summed E-state index contributed by atoms with van der Waals surface area (Å²) in [5.41, 5.74) is 3.23. The van der Waals surface area contributed by atoms with Gasteiger partial charge in [0, 0.05) is 12.1 Å². The number of benzene rings is 1. The van der Waals surface area contributed by atoms with Gasteiger partial charge in [-0.1, -0.05) is 13.0 Å². The lowest BCUT2D eigenvalue weighted by molar-refractivity contribution is -0.120. The van der Waals surface area contributed by atoms with E-state index in [1.165, 1.54) is 0 Å². The van der Waals surface area contributed by atoms with Crippen LogP contribution < -0.4 is 10.1 Å². The number of methoxy groups -OCH3 is 1. The number of rotatable bonds is 5. The second kappa shape index (κ2) is 6.28. The summed E-state index contributed by atoms with van der Waals surface area (Å²) in [6.07, 6.45) is 1.34. The fourth-order valence-electron chi connectivity index (χ4n) is 1.85. The van der Waals surface area contributed by atoms with Crippen LogP contribution in [0.3, 0.4) is 0 Å². The van der Waals surface area contributed by atoms with Gasteiger partial charge >= 0.3 is 0 Å². The van der Waals surface area contributed by atoms with E-state index in [1.54, 1.807) is 7.11 Å². The standard InChI is InChI=1S/C14H21NO2/c1-5-6-15-14(16)9-12-11(3)7-10(2)8-13(12)17-4/h7-8H,5-6,9H2,1-4H3,(H,15,16). The quantitative estimate of drug-likeness (QED) is 0.851. The Labute approximate surface area is 103 Å². The van der Waals surface area contributed by atoms with E-state index in [9.17, 15) is 4.79 Å². The lowest BCUT2D eigenvalue weighted by atomic mass is 10.0. The SMILES string of the molecule is CCCNC(=O)Cc1c(C)cc(C)cc1OC. The molecule has 94 valence electrons. The minimum atomic E-state index is 0.0529. The number of aryl methyl sites for hydroxylation is 2. The molecule has 0 unspecified atom stereocenters. The van der Waals surface area contributed by atoms with Gasteiger partial charge < -0.3 is 10.1 Å². The summed E-state index contributed by atoms with van der Waals surface area (Å²) in [7, 11) is 1.64. The summed E-state index contributed by atoms with van der Waals surface area (Å²) < 4.78 is 5.33. The number of hydrogen-bond acceptors (Lipinski definition) is 2. The topological polar surface area (TPSA) is 38.3 Å². The molecule has 0 spiro atoms. The molecule has 0 radical (unpaired) electrons. The molecular formula is C14H21NO2. The molecule has 0 aliphatic heterocycles. The number of ether oxygens (including phenoxy) is 1. The zero-order valence-corrected chi connectivity index (χ0v) is 11.1. The van der Waals surface area contributed by atoms with Gasteiger partial charge in [-0.15, -0.1) is 0 Å². The molecule has 17 heavy (non-hydrogen) atoms. The van der Waals surface area contributed by atoms with Crippen LogP contribution in [0, 0.1) is 13.8 Å². The minimum Gasteiger partial charge on any atom is -0.496 e. The molecule has 0 aliphatic rings.